The molecule has 0 aliphatic rings. The van der Waals surface area contributed by atoms with Crippen molar-refractivity contribution in [1.82, 2.24) is 0 Å². The fourth-order valence-electron chi connectivity index (χ4n) is 2.01. The third-order valence-electron chi connectivity index (χ3n) is 3.56. The molecule has 1 nitrogen and oxygen atoms in total. The Kier molecular flexibility index (Phi) is 9.84. The molecular weight excluding hydrogens is 256 g/mol. The van der Waals surface area contributed by atoms with Crippen molar-refractivity contribution < 1.29 is 5.11 Å². The highest BCUT2D eigenvalue weighted by atomic mass is 16.3. The molecule has 0 fully saturated rings. The van der Waals surface area contributed by atoms with Crippen molar-refractivity contribution in [1.29, 1.82) is 0 Å². The lowest BCUT2D eigenvalue weighted by Gasteiger charge is -2.14. The molecule has 1 N–H and O–H groups in total. The van der Waals surface area contributed by atoms with E-state index in [1.54, 1.807) is 6.92 Å². The Balaban J connectivity index is 3.99. The minimum atomic E-state index is -0.974. The lowest BCUT2D eigenvalue weighted by atomic mass is 9.99. The average Bonchev–Trinajstić information content (AvgIpc) is 2.38. The van der Waals surface area contributed by atoms with Crippen LogP contribution in [0, 0.1) is 12.3 Å². The number of hydrogen-bond donors (Lipinski definition) is 1. The van der Waals surface area contributed by atoms with Crippen molar-refractivity contribution >= 4 is 0 Å². The van der Waals surface area contributed by atoms with Crippen LogP contribution < -0.4 is 0 Å². The van der Waals surface area contributed by atoms with Crippen LogP contribution in [-0.2, 0) is 0 Å². The third-order valence-corrected chi connectivity index (χ3v) is 3.56. The molecule has 0 saturated heterocycles. The van der Waals surface area contributed by atoms with Crippen molar-refractivity contribution in [2.24, 2.45) is 0 Å². The maximum atomic E-state index is 9.73. The minimum Gasteiger partial charge on any atom is -0.378 e. The van der Waals surface area contributed by atoms with E-state index in [9.17, 15) is 5.11 Å². The first kappa shape index (κ1) is 19.7. The van der Waals surface area contributed by atoms with Gasteiger partial charge < -0.3 is 5.11 Å². The monoisotopic (exact) mass is 288 g/mol. The molecule has 0 aliphatic carbocycles. The van der Waals surface area contributed by atoms with Gasteiger partial charge >= 0.3 is 0 Å². The molecule has 0 rings (SSSR count). The van der Waals surface area contributed by atoms with E-state index in [2.05, 4.69) is 51.8 Å². The van der Waals surface area contributed by atoms with Crippen molar-refractivity contribution in [2.45, 2.75) is 78.7 Å². The van der Waals surface area contributed by atoms with Crippen LogP contribution in [0.5, 0.6) is 0 Å². The predicted molar refractivity (Wildman–Crippen MR) is 94.1 cm³/mol. The van der Waals surface area contributed by atoms with Crippen LogP contribution in [0.25, 0.3) is 0 Å². The lowest BCUT2D eigenvalue weighted by molar-refractivity contribution is 0.113. The Morgan fingerprint density at radius 2 is 1.43 bits per heavy atom. The van der Waals surface area contributed by atoms with Crippen molar-refractivity contribution in [2.75, 3.05) is 0 Å². The van der Waals surface area contributed by atoms with Crippen LogP contribution >= 0.6 is 0 Å². The van der Waals surface area contributed by atoms with Crippen molar-refractivity contribution in [3.8, 4) is 12.3 Å². The molecule has 0 aliphatic heterocycles. The molecule has 0 saturated carbocycles. The molecule has 0 unspecified atom stereocenters. The largest absolute Gasteiger partial charge is 0.378 e. The molecule has 0 amide bonds. The zero-order valence-electron chi connectivity index (χ0n) is 14.5. The second kappa shape index (κ2) is 10.5. The summed E-state index contributed by atoms with van der Waals surface area (Å²) >= 11 is 0. The van der Waals surface area contributed by atoms with E-state index < -0.39 is 5.60 Å². The molecular formula is C20H32O. The summed E-state index contributed by atoms with van der Waals surface area (Å²) in [7, 11) is 0. The zero-order valence-corrected chi connectivity index (χ0v) is 14.5. The summed E-state index contributed by atoms with van der Waals surface area (Å²) in [6.45, 7) is 10.3. The number of allylic oxidation sites excluding steroid dienone is 6. The van der Waals surface area contributed by atoms with Crippen LogP contribution in [0.3, 0.4) is 0 Å². The quantitative estimate of drug-likeness (QED) is 0.434. The van der Waals surface area contributed by atoms with E-state index in [1.807, 2.05) is 0 Å². The van der Waals surface area contributed by atoms with Gasteiger partial charge in [0.2, 0.25) is 0 Å². The van der Waals surface area contributed by atoms with Crippen LogP contribution in [0.4, 0.5) is 0 Å². The van der Waals surface area contributed by atoms with Gasteiger partial charge in [0, 0.05) is 0 Å². The SMILES string of the molecule is C#C[C@@](C)(O)CCC=C(C)CCC=C(C)CCC=C(C)C. The Morgan fingerprint density at radius 3 is 1.90 bits per heavy atom. The summed E-state index contributed by atoms with van der Waals surface area (Å²) < 4.78 is 0. The number of rotatable bonds is 9. The molecule has 1 atom stereocenters. The van der Waals surface area contributed by atoms with Gasteiger partial charge in [0.05, 0.1) is 0 Å². The van der Waals surface area contributed by atoms with Crippen LogP contribution in [0.15, 0.2) is 34.9 Å². The first-order chi connectivity index (χ1) is 9.76. The molecule has 0 aromatic carbocycles. The topological polar surface area (TPSA) is 20.2 Å². The predicted octanol–water partition coefficient (Wildman–Crippen LogP) is 5.57. The summed E-state index contributed by atoms with van der Waals surface area (Å²) in [5.74, 6) is 2.41. The minimum absolute atomic E-state index is 0.623. The van der Waals surface area contributed by atoms with Gasteiger partial charge in [-0.25, -0.2) is 0 Å². The molecule has 0 radical (unpaired) electrons. The molecule has 0 aromatic heterocycles. The smallest absolute Gasteiger partial charge is 0.122 e. The summed E-state index contributed by atoms with van der Waals surface area (Å²) in [5.41, 5.74) is 3.26. The zero-order chi connectivity index (χ0) is 16.3. The maximum Gasteiger partial charge on any atom is 0.122 e. The Bertz CT molecular complexity index is 423. The number of terminal acetylenes is 1. The Hall–Kier alpha value is -1.26. The van der Waals surface area contributed by atoms with Gasteiger partial charge in [-0.2, -0.15) is 0 Å². The van der Waals surface area contributed by atoms with E-state index in [1.165, 1.54) is 16.7 Å². The van der Waals surface area contributed by atoms with E-state index >= 15 is 0 Å². The highest BCUT2D eigenvalue weighted by molar-refractivity contribution is 5.08. The van der Waals surface area contributed by atoms with Crippen LogP contribution in [0.1, 0.15) is 73.1 Å². The number of aliphatic hydroxyl groups is 1. The van der Waals surface area contributed by atoms with E-state index in [0.29, 0.717) is 6.42 Å². The first-order valence-corrected chi connectivity index (χ1v) is 7.91. The number of hydrogen-bond acceptors (Lipinski definition) is 1. The maximum absolute atomic E-state index is 9.73. The fourth-order valence-corrected chi connectivity index (χ4v) is 2.01. The van der Waals surface area contributed by atoms with E-state index in [0.717, 1.165) is 32.1 Å². The normalized spacial score (nSPS) is 15.3. The fraction of sp³-hybridized carbons (Fsp3) is 0.600. The molecule has 0 bridgehead atoms. The molecule has 0 heterocycles. The van der Waals surface area contributed by atoms with Gasteiger partial charge in [-0.1, -0.05) is 40.9 Å². The summed E-state index contributed by atoms with van der Waals surface area (Å²) in [6, 6.07) is 0. The van der Waals surface area contributed by atoms with Gasteiger partial charge in [0.25, 0.3) is 0 Å². The average molecular weight is 288 g/mol. The lowest BCUT2D eigenvalue weighted by Crippen LogP contribution is -2.20. The summed E-state index contributed by atoms with van der Waals surface area (Å²) in [5, 5.41) is 9.73. The first-order valence-electron chi connectivity index (χ1n) is 7.91. The van der Waals surface area contributed by atoms with Crippen LogP contribution in [-0.4, -0.2) is 10.7 Å². The van der Waals surface area contributed by atoms with Gasteiger partial charge in [-0.3, -0.25) is 0 Å². The molecule has 21 heavy (non-hydrogen) atoms. The van der Waals surface area contributed by atoms with Crippen molar-refractivity contribution in [3.05, 3.63) is 34.9 Å². The third kappa shape index (κ3) is 12.2. The second-order valence-corrected chi connectivity index (χ2v) is 6.42. The highest BCUT2D eigenvalue weighted by Gasteiger charge is 2.14. The second-order valence-electron chi connectivity index (χ2n) is 6.42. The van der Waals surface area contributed by atoms with Gasteiger partial charge in [0.15, 0.2) is 0 Å². The van der Waals surface area contributed by atoms with Crippen LogP contribution in [0.2, 0.25) is 0 Å². The van der Waals surface area contributed by atoms with Gasteiger partial charge in [-0.05, 0) is 73.1 Å². The van der Waals surface area contributed by atoms with Gasteiger partial charge in [0.1, 0.15) is 5.60 Å². The van der Waals surface area contributed by atoms with E-state index in [-0.39, 0.29) is 0 Å². The van der Waals surface area contributed by atoms with Crippen molar-refractivity contribution in [3.63, 3.8) is 0 Å². The molecule has 0 aromatic rings. The summed E-state index contributed by atoms with van der Waals surface area (Å²) in [6.07, 6.45) is 18.0. The summed E-state index contributed by atoms with van der Waals surface area (Å²) in [4.78, 5) is 0. The Labute approximate surface area is 131 Å². The van der Waals surface area contributed by atoms with E-state index in [4.69, 9.17) is 6.42 Å². The molecule has 118 valence electrons. The Morgan fingerprint density at radius 1 is 0.952 bits per heavy atom. The molecule has 0 spiro atoms. The van der Waals surface area contributed by atoms with Gasteiger partial charge in [-0.15, -0.1) is 6.42 Å². The highest BCUT2D eigenvalue weighted by Crippen LogP contribution is 2.15. The standard InChI is InChI=1S/C20H32O/c1-7-20(6,21)16-10-15-19(5)14-9-13-18(4)12-8-11-17(2)3/h1,11,13,15,21H,8-10,12,14,16H2,2-6H3/t20-/m1/s1. The molecule has 1 heteroatoms.